The highest BCUT2D eigenvalue weighted by Gasteiger charge is 2.28. The maximum atomic E-state index is 5.93. The molecule has 1 aliphatic rings. The van der Waals surface area contributed by atoms with E-state index in [0.29, 0.717) is 17.8 Å². The highest BCUT2D eigenvalue weighted by molar-refractivity contribution is 5.49. The summed E-state index contributed by atoms with van der Waals surface area (Å²) in [6.45, 7) is 11.9. The first kappa shape index (κ1) is 13.1. The van der Waals surface area contributed by atoms with Crippen molar-refractivity contribution in [2.75, 3.05) is 17.2 Å². The third kappa shape index (κ3) is 2.57. The number of anilines is 2. The lowest BCUT2D eigenvalue weighted by Crippen LogP contribution is -2.29. The lowest BCUT2D eigenvalue weighted by Gasteiger charge is -2.25. The summed E-state index contributed by atoms with van der Waals surface area (Å²) in [7, 11) is 0. The van der Waals surface area contributed by atoms with Gasteiger partial charge in [-0.2, -0.15) is 0 Å². The largest absolute Gasteiger partial charge is 0.384 e. The summed E-state index contributed by atoms with van der Waals surface area (Å²) in [5.74, 6) is 3.08. The zero-order valence-corrected chi connectivity index (χ0v) is 12.1. The molecular formula is C14H24N4. The minimum absolute atomic E-state index is 0.0707. The normalized spacial score (nSPS) is 24.6. The first-order chi connectivity index (χ1) is 8.27. The summed E-state index contributed by atoms with van der Waals surface area (Å²) in [5, 5.41) is 0. The maximum absolute atomic E-state index is 5.93. The Morgan fingerprint density at radius 1 is 1.28 bits per heavy atom. The second-order valence-electron chi connectivity index (χ2n) is 6.57. The van der Waals surface area contributed by atoms with E-state index in [1.807, 2.05) is 6.07 Å². The van der Waals surface area contributed by atoms with Crippen LogP contribution < -0.4 is 10.6 Å². The molecule has 4 nitrogen and oxygen atoms in total. The molecule has 1 fully saturated rings. The molecule has 0 bridgehead atoms. The molecule has 2 unspecified atom stereocenters. The third-order valence-electron chi connectivity index (χ3n) is 3.48. The molecule has 1 aromatic heterocycles. The molecule has 100 valence electrons. The van der Waals surface area contributed by atoms with Gasteiger partial charge in [0.25, 0.3) is 0 Å². The molecule has 1 saturated heterocycles. The molecule has 0 saturated carbocycles. The van der Waals surface area contributed by atoms with Gasteiger partial charge in [-0.1, -0.05) is 27.7 Å². The van der Waals surface area contributed by atoms with Gasteiger partial charge in [-0.05, 0) is 19.3 Å². The Labute approximate surface area is 110 Å². The summed E-state index contributed by atoms with van der Waals surface area (Å²) in [5.41, 5.74) is 5.86. The van der Waals surface area contributed by atoms with Crippen LogP contribution in [0.2, 0.25) is 0 Å². The van der Waals surface area contributed by atoms with Crippen molar-refractivity contribution in [1.29, 1.82) is 0 Å². The molecule has 1 aliphatic heterocycles. The van der Waals surface area contributed by atoms with Gasteiger partial charge in [-0.15, -0.1) is 0 Å². The van der Waals surface area contributed by atoms with Crippen LogP contribution in [0, 0.1) is 5.92 Å². The van der Waals surface area contributed by atoms with E-state index in [-0.39, 0.29) is 5.41 Å². The van der Waals surface area contributed by atoms with Crippen molar-refractivity contribution in [3.05, 3.63) is 11.9 Å². The van der Waals surface area contributed by atoms with Crippen LogP contribution in [0.5, 0.6) is 0 Å². The van der Waals surface area contributed by atoms with Crippen molar-refractivity contribution in [2.45, 2.75) is 52.5 Å². The van der Waals surface area contributed by atoms with Gasteiger partial charge >= 0.3 is 0 Å². The minimum atomic E-state index is -0.0707. The highest BCUT2D eigenvalue weighted by atomic mass is 15.2. The van der Waals surface area contributed by atoms with Crippen molar-refractivity contribution in [3.8, 4) is 0 Å². The van der Waals surface area contributed by atoms with Gasteiger partial charge in [0, 0.05) is 24.1 Å². The molecule has 4 heteroatoms. The third-order valence-corrected chi connectivity index (χ3v) is 3.48. The molecule has 1 aromatic rings. The quantitative estimate of drug-likeness (QED) is 0.830. The fraction of sp³-hybridized carbons (Fsp3) is 0.714. The zero-order valence-electron chi connectivity index (χ0n) is 12.1. The van der Waals surface area contributed by atoms with Crippen LogP contribution in [-0.4, -0.2) is 22.6 Å². The van der Waals surface area contributed by atoms with Gasteiger partial charge in [0.05, 0.1) is 0 Å². The summed E-state index contributed by atoms with van der Waals surface area (Å²) < 4.78 is 0. The lowest BCUT2D eigenvalue weighted by molar-refractivity contribution is 0.544. The molecule has 0 radical (unpaired) electrons. The van der Waals surface area contributed by atoms with Crippen LogP contribution in [0.3, 0.4) is 0 Å². The topological polar surface area (TPSA) is 55.0 Å². The van der Waals surface area contributed by atoms with E-state index in [1.54, 1.807) is 0 Å². The first-order valence-corrected chi connectivity index (χ1v) is 6.69. The molecule has 0 aliphatic carbocycles. The second kappa shape index (κ2) is 4.41. The highest BCUT2D eigenvalue weighted by Crippen LogP contribution is 2.30. The molecule has 0 spiro atoms. The molecule has 2 N–H and O–H groups in total. The Kier molecular flexibility index (Phi) is 3.21. The number of rotatable bonds is 1. The maximum Gasteiger partial charge on any atom is 0.138 e. The van der Waals surface area contributed by atoms with Crippen LogP contribution in [0.4, 0.5) is 11.6 Å². The lowest BCUT2D eigenvalue weighted by atomic mass is 9.96. The Morgan fingerprint density at radius 2 is 1.94 bits per heavy atom. The number of hydrogen-bond acceptors (Lipinski definition) is 4. The number of nitrogens with zero attached hydrogens (tertiary/aromatic N) is 3. The fourth-order valence-corrected chi connectivity index (χ4v) is 2.55. The van der Waals surface area contributed by atoms with Crippen molar-refractivity contribution in [2.24, 2.45) is 5.92 Å². The van der Waals surface area contributed by atoms with Gasteiger partial charge in [0.1, 0.15) is 17.5 Å². The number of hydrogen-bond donors (Lipinski definition) is 1. The molecule has 18 heavy (non-hydrogen) atoms. The minimum Gasteiger partial charge on any atom is -0.384 e. The molecule has 2 atom stereocenters. The van der Waals surface area contributed by atoms with Crippen LogP contribution in [-0.2, 0) is 5.41 Å². The van der Waals surface area contributed by atoms with Gasteiger partial charge in [0.15, 0.2) is 0 Å². The van der Waals surface area contributed by atoms with Crippen molar-refractivity contribution >= 4 is 11.6 Å². The second-order valence-corrected chi connectivity index (χ2v) is 6.57. The van der Waals surface area contributed by atoms with E-state index in [1.165, 1.54) is 6.42 Å². The van der Waals surface area contributed by atoms with Gasteiger partial charge in [-0.25, -0.2) is 9.97 Å². The SMILES string of the molecule is CC1CC(C)N(c2cc(N)nc(C(C)(C)C)n2)C1. The number of nitrogen functional groups attached to an aromatic ring is 1. The van der Waals surface area contributed by atoms with E-state index in [0.717, 1.165) is 18.2 Å². The Hall–Kier alpha value is -1.32. The zero-order chi connectivity index (χ0) is 13.5. The van der Waals surface area contributed by atoms with Crippen molar-refractivity contribution in [3.63, 3.8) is 0 Å². The molecular weight excluding hydrogens is 224 g/mol. The van der Waals surface area contributed by atoms with Crippen LogP contribution >= 0.6 is 0 Å². The number of nitrogens with two attached hydrogens (primary N) is 1. The summed E-state index contributed by atoms with van der Waals surface area (Å²) >= 11 is 0. The van der Waals surface area contributed by atoms with Gasteiger partial charge in [0.2, 0.25) is 0 Å². The molecule has 2 rings (SSSR count). The van der Waals surface area contributed by atoms with Gasteiger partial charge in [-0.3, -0.25) is 0 Å². The van der Waals surface area contributed by atoms with Crippen molar-refractivity contribution in [1.82, 2.24) is 9.97 Å². The summed E-state index contributed by atoms with van der Waals surface area (Å²) in [6.07, 6.45) is 1.22. The van der Waals surface area contributed by atoms with E-state index in [4.69, 9.17) is 10.7 Å². The van der Waals surface area contributed by atoms with Crippen molar-refractivity contribution < 1.29 is 0 Å². The molecule has 0 amide bonds. The molecule has 2 heterocycles. The average Bonchev–Trinajstić information content (AvgIpc) is 2.55. The monoisotopic (exact) mass is 248 g/mol. The number of aromatic nitrogens is 2. The average molecular weight is 248 g/mol. The van der Waals surface area contributed by atoms with Crippen LogP contribution in [0.15, 0.2) is 6.07 Å². The summed E-state index contributed by atoms with van der Waals surface area (Å²) in [6, 6.07) is 2.42. The first-order valence-electron chi connectivity index (χ1n) is 6.69. The predicted molar refractivity (Wildman–Crippen MR) is 75.7 cm³/mol. The summed E-state index contributed by atoms with van der Waals surface area (Å²) in [4.78, 5) is 11.4. The predicted octanol–water partition coefficient (Wildman–Crippen LogP) is 2.59. The van der Waals surface area contributed by atoms with E-state index >= 15 is 0 Å². The van der Waals surface area contributed by atoms with E-state index in [2.05, 4.69) is 44.5 Å². The Bertz CT molecular complexity index is 436. The fourth-order valence-electron chi connectivity index (χ4n) is 2.55. The van der Waals surface area contributed by atoms with E-state index < -0.39 is 0 Å². The molecule has 0 aromatic carbocycles. The van der Waals surface area contributed by atoms with Gasteiger partial charge < -0.3 is 10.6 Å². The smallest absolute Gasteiger partial charge is 0.138 e. The van der Waals surface area contributed by atoms with Crippen LogP contribution in [0.1, 0.15) is 46.9 Å². The Morgan fingerprint density at radius 3 is 2.44 bits per heavy atom. The Balaban J connectivity index is 2.37. The van der Waals surface area contributed by atoms with Crippen LogP contribution in [0.25, 0.3) is 0 Å². The van der Waals surface area contributed by atoms with E-state index in [9.17, 15) is 0 Å². The standard InChI is InChI=1S/C14H24N4/c1-9-6-10(2)18(8-9)12-7-11(15)16-13(17-12)14(3,4)5/h7,9-10H,6,8H2,1-5H3,(H2,15,16,17).